The second kappa shape index (κ2) is 34.7. The lowest BCUT2D eigenvalue weighted by molar-refractivity contribution is -0.161. The van der Waals surface area contributed by atoms with E-state index in [1.165, 1.54) is 58.2 Å². The normalized spacial score (nSPS) is 14.6. The van der Waals surface area contributed by atoms with Gasteiger partial charge in [0, 0.05) is 51.0 Å². The average Bonchev–Trinajstić information content (AvgIpc) is 3.70. The summed E-state index contributed by atoms with van der Waals surface area (Å²) in [4.78, 5) is 33.2. The molecule has 2 aliphatic rings. The number of halogens is 3. The van der Waals surface area contributed by atoms with Crippen molar-refractivity contribution in [3.63, 3.8) is 0 Å². The fourth-order valence-corrected chi connectivity index (χ4v) is 12.2. The zero-order valence-corrected chi connectivity index (χ0v) is 53.2. The van der Waals surface area contributed by atoms with Gasteiger partial charge in [0.25, 0.3) is 0 Å². The topological polar surface area (TPSA) is 138 Å². The third-order valence-corrected chi connectivity index (χ3v) is 17.3. The molecule has 86 heavy (non-hydrogen) atoms. The molecule has 13 heteroatoms. The number of esters is 1. The number of fused-ring (bicyclic) bond motifs is 5. The molecule has 2 aliphatic heterocycles. The van der Waals surface area contributed by atoms with Crippen molar-refractivity contribution in [1.29, 1.82) is 0 Å². The van der Waals surface area contributed by atoms with Gasteiger partial charge < -0.3 is 33.9 Å². The third kappa shape index (κ3) is 18.3. The van der Waals surface area contributed by atoms with Crippen LogP contribution in [0.3, 0.4) is 0 Å². The minimum atomic E-state index is -0.215. The highest BCUT2D eigenvalue weighted by atomic mass is 79.9. The van der Waals surface area contributed by atoms with Gasteiger partial charge >= 0.3 is 5.97 Å². The van der Waals surface area contributed by atoms with Gasteiger partial charge in [0.05, 0.1) is 26.7 Å². The van der Waals surface area contributed by atoms with Crippen LogP contribution < -0.4 is 0 Å². The molecule has 10 aromatic carbocycles. The summed E-state index contributed by atoms with van der Waals surface area (Å²) in [6.45, 7) is 3.34. The van der Waals surface area contributed by atoms with E-state index in [9.17, 15) is 14.4 Å². The van der Waals surface area contributed by atoms with E-state index < -0.39 is 0 Å². The molecule has 0 saturated carbocycles. The Morgan fingerprint density at radius 1 is 0.430 bits per heavy atom. The Bertz CT molecular complexity index is 3820. The lowest BCUT2D eigenvalue weighted by Crippen LogP contribution is -2.23. The molecular weight excluding hydrogens is 1280 g/mol. The summed E-state index contributed by atoms with van der Waals surface area (Å²) in [5, 5.41) is 29.2. The first-order chi connectivity index (χ1) is 42.1. The SMILES string of the molecule is Brc1ccc(CCOC2CCCCO2)c2ccccc12.COC(=O)Cc1ccc(Br)c2ccccc12.O=Cc1ccc(CCO)c2ccccc12.O=Cc1ccc(CCOC2CCCCO2)c2ccccc12.OCCc1ccc(Br)c2ccccc12. The molecule has 2 N–H and O–H groups in total. The maximum Gasteiger partial charge on any atom is 0.309 e. The first kappa shape index (κ1) is 65.5. The van der Waals surface area contributed by atoms with Crippen LogP contribution in [0.2, 0.25) is 0 Å². The number of carbonyl (C=O) groups is 3. The number of aliphatic hydroxyl groups is 2. The number of aldehydes is 2. The van der Waals surface area contributed by atoms with Crippen molar-refractivity contribution in [3.8, 4) is 0 Å². The van der Waals surface area contributed by atoms with Crippen LogP contribution in [0.4, 0.5) is 0 Å². The van der Waals surface area contributed by atoms with Gasteiger partial charge in [-0.1, -0.05) is 212 Å². The van der Waals surface area contributed by atoms with Gasteiger partial charge in [-0.25, -0.2) is 0 Å². The molecule has 10 nitrogen and oxygen atoms in total. The molecule has 2 saturated heterocycles. The van der Waals surface area contributed by atoms with Crippen molar-refractivity contribution in [2.24, 2.45) is 0 Å². The van der Waals surface area contributed by atoms with Crippen molar-refractivity contribution in [2.45, 2.75) is 83.2 Å². The molecule has 446 valence electrons. The van der Waals surface area contributed by atoms with E-state index in [1.807, 2.05) is 115 Å². The Morgan fingerprint density at radius 2 is 0.744 bits per heavy atom. The fraction of sp³-hybridized carbons (Fsp3) is 0.274. The quantitative estimate of drug-likeness (QED) is 0.0710. The van der Waals surface area contributed by atoms with Gasteiger partial charge in [0.15, 0.2) is 25.2 Å². The van der Waals surface area contributed by atoms with Gasteiger partial charge in [-0.05, 0) is 164 Å². The highest BCUT2D eigenvalue weighted by molar-refractivity contribution is 9.11. The number of hydrogen-bond donors (Lipinski definition) is 2. The van der Waals surface area contributed by atoms with E-state index in [0.717, 1.165) is 133 Å². The number of rotatable bonds is 16. The van der Waals surface area contributed by atoms with Gasteiger partial charge in [0.2, 0.25) is 0 Å². The van der Waals surface area contributed by atoms with Gasteiger partial charge in [-0.15, -0.1) is 0 Å². The Labute approximate surface area is 529 Å². The Kier molecular flexibility index (Phi) is 26.5. The van der Waals surface area contributed by atoms with Crippen LogP contribution >= 0.6 is 47.8 Å². The molecule has 12 rings (SSSR count). The molecule has 2 unspecified atom stereocenters. The smallest absolute Gasteiger partial charge is 0.309 e. The minimum Gasteiger partial charge on any atom is -0.469 e. The molecule has 2 fully saturated rings. The van der Waals surface area contributed by atoms with Crippen molar-refractivity contribution in [1.82, 2.24) is 0 Å². The van der Waals surface area contributed by atoms with E-state index in [4.69, 9.17) is 29.2 Å². The number of ether oxygens (including phenoxy) is 5. The zero-order chi connectivity index (χ0) is 60.5. The van der Waals surface area contributed by atoms with E-state index in [0.29, 0.717) is 31.4 Å². The summed E-state index contributed by atoms with van der Waals surface area (Å²) in [5.74, 6) is -0.215. The second-order valence-electron chi connectivity index (χ2n) is 20.7. The van der Waals surface area contributed by atoms with Crippen molar-refractivity contribution < 1.29 is 48.3 Å². The number of hydrogen-bond acceptors (Lipinski definition) is 10. The maximum atomic E-state index is 11.3. The number of aliphatic hydroxyl groups excluding tert-OH is 2. The van der Waals surface area contributed by atoms with Crippen LogP contribution in [0.5, 0.6) is 0 Å². The number of benzene rings is 10. The highest BCUT2D eigenvalue weighted by Gasteiger charge is 2.16. The zero-order valence-electron chi connectivity index (χ0n) is 48.4. The summed E-state index contributed by atoms with van der Waals surface area (Å²) in [5.41, 5.74) is 7.26. The van der Waals surface area contributed by atoms with E-state index in [2.05, 4.69) is 113 Å². The molecule has 2 heterocycles. The predicted molar refractivity (Wildman–Crippen MR) is 357 cm³/mol. The fourth-order valence-electron chi connectivity index (χ4n) is 10.7. The van der Waals surface area contributed by atoms with E-state index in [-0.39, 0.29) is 31.8 Å². The lowest BCUT2D eigenvalue weighted by Gasteiger charge is -2.22. The van der Waals surface area contributed by atoms with Crippen LogP contribution in [-0.2, 0) is 60.6 Å². The van der Waals surface area contributed by atoms with Gasteiger partial charge in [-0.2, -0.15) is 0 Å². The van der Waals surface area contributed by atoms with Crippen LogP contribution in [0.1, 0.15) is 87.1 Å². The van der Waals surface area contributed by atoms with Crippen molar-refractivity contribution >= 4 is 120 Å². The molecule has 0 aliphatic carbocycles. The molecule has 0 radical (unpaired) electrons. The maximum absolute atomic E-state index is 11.3. The molecule has 0 amide bonds. The number of carbonyl (C=O) groups excluding carboxylic acids is 3. The van der Waals surface area contributed by atoms with E-state index >= 15 is 0 Å². The molecule has 0 aromatic heterocycles. The number of methoxy groups -OCH3 is 1. The Morgan fingerprint density at radius 3 is 1.08 bits per heavy atom. The molecule has 0 spiro atoms. The van der Waals surface area contributed by atoms with Crippen molar-refractivity contribution in [3.05, 3.63) is 234 Å². The summed E-state index contributed by atoms with van der Waals surface area (Å²) in [7, 11) is 1.41. The first-order valence-corrected chi connectivity index (χ1v) is 31.7. The monoisotopic (exact) mass is 1350 g/mol. The predicted octanol–water partition coefficient (Wildman–Crippen LogP) is 17.1. The highest BCUT2D eigenvalue weighted by Crippen LogP contribution is 2.31. The van der Waals surface area contributed by atoms with E-state index in [1.54, 1.807) is 6.07 Å². The Hall–Kier alpha value is -6.49. The summed E-state index contributed by atoms with van der Waals surface area (Å²) < 4.78 is 30.8. The summed E-state index contributed by atoms with van der Waals surface area (Å²) in [6.07, 6.45) is 11.9. The van der Waals surface area contributed by atoms with Gasteiger partial charge in [-0.3, -0.25) is 14.4 Å². The summed E-state index contributed by atoms with van der Waals surface area (Å²) in [6, 6.07) is 60.4. The molecule has 2 atom stereocenters. The Balaban J connectivity index is 0.000000141. The largest absolute Gasteiger partial charge is 0.469 e. The van der Waals surface area contributed by atoms with Crippen LogP contribution in [-0.4, -0.2) is 88.1 Å². The molecular formula is C73H73Br3O10. The van der Waals surface area contributed by atoms with Crippen LogP contribution in [0.25, 0.3) is 53.9 Å². The van der Waals surface area contributed by atoms with Crippen LogP contribution in [0.15, 0.2) is 195 Å². The molecule has 10 aromatic rings. The third-order valence-electron chi connectivity index (χ3n) is 15.2. The summed E-state index contributed by atoms with van der Waals surface area (Å²) >= 11 is 10.6. The average molecular weight is 1350 g/mol. The van der Waals surface area contributed by atoms with Crippen molar-refractivity contribution in [2.75, 3.05) is 46.8 Å². The standard InChI is InChI=1S/C18H20O3.C17H19BrO2.C13H11BrO2.C13H12O2.C12H11BrO/c19-13-15-9-8-14(16-5-1-2-6-17(15)16)10-12-21-18-7-3-4-11-20-18;18-16-9-8-13(14-5-1-2-6-15(14)16)10-12-20-17-7-3-4-11-19-17;1-16-13(15)8-9-6-7-12(14)11-5-3-2-4-10(9)11;14-8-7-10-5-6-11(9-15)13-4-2-1-3-12(10)13;13-12-6-5-9(7-8-14)10-3-1-2-4-11(10)12/h1-2,5-6,8-9,13,18H,3-4,7,10-12H2;1-2,5-6,8-9,17H,3-4,7,10-12H2;2-7H,8H2,1H3;1-6,9,14H,7-8H2;1-6,14H,7-8H2. The first-order valence-electron chi connectivity index (χ1n) is 29.3. The molecule has 0 bridgehead atoms. The van der Waals surface area contributed by atoms with Gasteiger partial charge in [0.1, 0.15) is 0 Å². The second-order valence-corrected chi connectivity index (χ2v) is 23.3. The minimum absolute atomic E-state index is 0.00506. The lowest BCUT2D eigenvalue weighted by atomic mass is 9.98. The van der Waals surface area contributed by atoms with Crippen LogP contribution in [0, 0.1) is 0 Å².